The molecular weight excluding hydrogens is 232 g/mol. The van der Waals surface area contributed by atoms with E-state index >= 15 is 0 Å². The molecule has 0 aromatic heterocycles. The number of aliphatic carboxylic acids is 1. The summed E-state index contributed by atoms with van der Waals surface area (Å²) in [6.45, 7) is 0.749. The van der Waals surface area contributed by atoms with E-state index in [-0.39, 0.29) is 12.5 Å². The molecule has 5 nitrogen and oxygen atoms in total. The highest BCUT2D eigenvalue weighted by atomic mass is 16.4. The van der Waals surface area contributed by atoms with Crippen LogP contribution in [-0.4, -0.2) is 40.6 Å². The molecule has 0 aromatic rings. The van der Waals surface area contributed by atoms with Crippen molar-refractivity contribution >= 4 is 12.0 Å². The lowest BCUT2D eigenvalue weighted by Gasteiger charge is -2.24. The molecule has 2 rings (SSSR count). The second kappa shape index (κ2) is 5.30. The van der Waals surface area contributed by atoms with Gasteiger partial charge in [0.05, 0.1) is 0 Å². The van der Waals surface area contributed by atoms with Crippen LogP contribution in [0.2, 0.25) is 0 Å². The van der Waals surface area contributed by atoms with Crippen LogP contribution in [-0.2, 0) is 4.79 Å². The van der Waals surface area contributed by atoms with E-state index in [0.717, 1.165) is 19.4 Å². The molecule has 18 heavy (non-hydrogen) atoms. The lowest BCUT2D eigenvalue weighted by Crippen LogP contribution is -2.49. The maximum Gasteiger partial charge on any atom is 0.327 e. The first kappa shape index (κ1) is 12.7. The summed E-state index contributed by atoms with van der Waals surface area (Å²) in [5, 5.41) is 11.5. The van der Waals surface area contributed by atoms with E-state index in [0.29, 0.717) is 12.0 Å². The van der Waals surface area contributed by atoms with E-state index in [4.69, 9.17) is 11.5 Å². The first-order valence-corrected chi connectivity index (χ1v) is 6.35. The second-order valence-corrected chi connectivity index (χ2v) is 5.08. The maximum atomic E-state index is 12.1. The van der Waals surface area contributed by atoms with Gasteiger partial charge in [0.1, 0.15) is 6.04 Å². The normalized spacial score (nSPS) is 19.7. The van der Waals surface area contributed by atoms with Gasteiger partial charge in [0, 0.05) is 19.0 Å². The van der Waals surface area contributed by atoms with Crippen molar-refractivity contribution in [2.75, 3.05) is 6.54 Å². The van der Waals surface area contributed by atoms with E-state index in [1.807, 2.05) is 0 Å². The van der Waals surface area contributed by atoms with E-state index in [1.165, 1.54) is 12.8 Å². The molecule has 2 fully saturated rings. The number of carbonyl (C=O) groups excluding carboxylic acids is 1. The van der Waals surface area contributed by atoms with Gasteiger partial charge in [-0.15, -0.1) is 12.3 Å². The fraction of sp³-hybridized carbons (Fsp3) is 0.692. The Bertz CT molecular complexity index is 380. The monoisotopic (exact) mass is 250 g/mol. The Kier molecular flexibility index (Phi) is 3.75. The highest BCUT2D eigenvalue weighted by molar-refractivity contribution is 5.83. The fourth-order valence-corrected chi connectivity index (χ4v) is 1.91. The maximum absolute atomic E-state index is 12.1. The molecule has 0 aromatic carbocycles. The summed E-state index contributed by atoms with van der Waals surface area (Å²) in [5.41, 5.74) is 0. The molecule has 1 atom stereocenters. The number of nitrogens with zero attached hydrogens (tertiary/aromatic N) is 1. The molecule has 0 bridgehead atoms. The quantitative estimate of drug-likeness (QED) is 0.692. The number of nitrogens with one attached hydrogen (secondary N) is 1. The summed E-state index contributed by atoms with van der Waals surface area (Å²) in [4.78, 5) is 24.8. The molecule has 0 aliphatic heterocycles. The Labute approximate surface area is 107 Å². The number of rotatable bonds is 6. The van der Waals surface area contributed by atoms with Crippen LogP contribution in [0.3, 0.4) is 0 Å². The van der Waals surface area contributed by atoms with Gasteiger partial charge in [-0.05, 0) is 31.6 Å². The number of amides is 2. The van der Waals surface area contributed by atoms with Gasteiger partial charge < -0.3 is 15.3 Å². The zero-order valence-electron chi connectivity index (χ0n) is 10.3. The molecule has 0 spiro atoms. The molecule has 0 saturated heterocycles. The highest BCUT2D eigenvalue weighted by Gasteiger charge is 2.37. The molecular formula is C13H18N2O3. The van der Waals surface area contributed by atoms with Crippen molar-refractivity contribution in [3.63, 3.8) is 0 Å². The minimum Gasteiger partial charge on any atom is -0.480 e. The van der Waals surface area contributed by atoms with E-state index in [2.05, 4.69) is 11.2 Å². The van der Waals surface area contributed by atoms with Crippen LogP contribution in [0.5, 0.6) is 0 Å². The second-order valence-electron chi connectivity index (χ2n) is 5.08. The zero-order chi connectivity index (χ0) is 13.1. The predicted molar refractivity (Wildman–Crippen MR) is 65.9 cm³/mol. The van der Waals surface area contributed by atoms with Crippen LogP contribution in [0.1, 0.15) is 32.1 Å². The standard InChI is InChI=1S/C13H18N2O3/c1-2-3-11(12(16)17)14-13(18)15(10-6-7-10)8-9-4-5-9/h1,9-11H,3-8H2,(H,14,18)(H,16,17). The van der Waals surface area contributed by atoms with Gasteiger partial charge in [-0.3, -0.25) is 0 Å². The molecule has 2 amide bonds. The summed E-state index contributed by atoms with van der Waals surface area (Å²) in [5.74, 6) is 1.80. The third-order valence-electron chi connectivity index (χ3n) is 3.32. The molecule has 2 aliphatic rings. The topological polar surface area (TPSA) is 69.6 Å². The van der Waals surface area contributed by atoms with Crippen LogP contribution in [0.25, 0.3) is 0 Å². The number of hydrogen-bond donors (Lipinski definition) is 2. The van der Waals surface area contributed by atoms with E-state index in [1.54, 1.807) is 4.90 Å². The van der Waals surface area contributed by atoms with E-state index < -0.39 is 12.0 Å². The lowest BCUT2D eigenvalue weighted by molar-refractivity contribution is -0.139. The molecule has 2 aliphatic carbocycles. The van der Waals surface area contributed by atoms with Gasteiger partial charge in [0.15, 0.2) is 0 Å². The van der Waals surface area contributed by atoms with Gasteiger partial charge in [-0.1, -0.05) is 0 Å². The third kappa shape index (κ3) is 3.39. The average Bonchev–Trinajstić information content (AvgIpc) is 3.16. The number of carboxylic acids is 1. The van der Waals surface area contributed by atoms with Crippen molar-refractivity contribution in [2.24, 2.45) is 5.92 Å². The van der Waals surface area contributed by atoms with Gasteiger partial charge in [-0.25, -0.2) is 9.59 Å². The minimum absolute atomic E-state index is 0.0169. The van der Waals surface area contributed by atoms with Gasteiger partial charge in [0.25, 0.3) is 0 Å². The smallest absolute Gasteiger partial charge is 0.327 e. The van der Waals surface area contributed by atoms with Gasteiger partial charge in [0.2, 0.25) is 0 Å². The Morgan fingerprint density at radius 3 is 2.50 bits per heavy atom. The largest absolute Gasteiger partial charge is 0.480 e. The number of hydrogen-bond acceptors (Lipinski definition) is 2. The summed E-state index contributed by atoms with van der Waals surface area (Å²) in [6, 6.07) is -0.971. The summed E-state index contributed by atoms with van der Waals surface area (Å²) >= 11 is 0. The molecule has 98 valence electrons. The van der Waals surface area contributed by atoms with E-state index in [9.17, 15) is 9.59 Å². The fourth-order valence-electron chi connectivity index (χ4n) is 1.91. The van der Waals surface area contributed by atoms with Crippen molar-refractivity contribution in [3.8, 4) is 12.3 Å². The van der Waals surface area contributed by atoms with Crippen LogP contribution in [0.15, 0.2) is 0 Å². The van der Waals surface area contributed by atoms with Crippen molar-refractivity contribution in [2.45, 2.75) is 44.2 Å². The van der Waals surface area contributed by atoms with Crippen molar-refractivity contribution in [3.05, 3.63) is 0 Å². The Morgan fingerprint density at radius 2 is 2.06 bits per heavy atom. The van der Waals surface area contributed by atoms with Crippen LogP contribution in [0.4, 0.5) is 4.79 Å². The molecule has 0 heterocycles. The predicted octanol–water partition coefficient (Wildman–Crippen LogP) is 1.05. The lowest BCUT2D eigenvalue weighted by atomic mass is 10.2. The SMILES string of the molecule is C#CCC(NC(=O)N(CC1CC1)C1CC1)C(=O)O. The van der Waals surface area contributed by atoms with Gasteiger partial charge >= 0.3 is 12.0 Å². The average molecular weight is 250 g/mol. The first-order chi connectivity index (χ1) is 8.61. The van der Waals surface area contributed by atoms with Crippen molar-refractivity contribution < 1.29 is 14.7 Å². The molecule has 2 saturated carbocycles. The first-order valence-electron chi connectivity index (χ1n) is 6.35. The number of terminal acetylenes is 1. The molecule has 1 unspecified atom stereocenters. The Hall–Kier alpha value is -1.70. The zero-order valence-corrected chi connectivity index (χ0v) is 10.3. The summed E-state index contributed by atoms with van der Waals surface area (Å²) < 4.78 is 0. The van der Waals surface area contributed by atoms with Gasteiger partial charge in [-0.2, -0.15) is 0 Å². The summed E-state index contributed by atoms with van der Waals surface area (Å²) in [7, 11) is 0. The third-order valence-corrected chi connectivity index (χ3v) is 3.32. The Morgan fingerprint density at radius 1 is 1.39 bits per heavy atom. The minimum atomic E-state index is -1.08. The number of carboxylic acid groups (broad SMARTS) is 1. The number of urea groups is 1. The molecule has 2 N–H and O–H groups in total. The Balaban J connectivity index is 1.90. The van der Waals surface area contributed by atoms with Crippen LogP contribution < -0.4 is 5.32 Å². The summed E-state index contributed by atoms with van der Waals surface area (Å²) in [6.07, 6.45) is 9.50. The van der Waals surface area contributed by atoms with Crippen molar-refractivity contribution in [1.82, 2.24) is 10.2 Å². The highest BCUT2D eigenvalue weighted by Crippen LogP contribution is 2.34. The van der Waals surface area contributed by atoms with Crippen molar-refractivity contribution in [1.29, 1.82) is 0 Å². The van der Waals surface area contributed by atoms with Crippen LogP contribution >= 0.6 is 0 Å². The van der Waals surface area contributed by atoms with Crippen LogP contribution in [0, 0.1) is 18.3 Å². The number of carbonyl (C=O) groups is 2. The molecule has 5 heteroatoms. The molecule has 0 radical (unpaired) electrons.